The van der Waals surface area contributed by atoms with Gasteiger partial charge in [0.05, 0.1) is 5.69 Å². The lowest BCUT2D eigenvalue weighted by molar-refractivity contribution is 0.895. The lowest BCUT2D eigenvalue weighted by atomic mass is 10.1. The predicted octanol–water partition coefficient (Wildman–Crippen LogP) is 2.61. The fourth-order valence-electron chi connectivity index (χ4n) is 2.53. The average molecular weight is 239 g/mol. The Balaban J connectivity index is 2.40. The summed E-state index contributed by atoms with van der Waals surface area (Å²) < 4.78 is 2.17. The van der Waals surface area contributed by atoms with Crippen molar-refractivity contribution in [2.24, 2.45) is 5.73 Å². The van der Waals surface area contributed by atoms with Gasteiger partial charge in [-0.05, 0) is 37.9 Å². The van der Waals surface area contributed by atoms with Crippen molar-refractivity contribution in [3.63, 3.8) is 0 Å². The van der Waals surface area contributed by atoms with Gasteiger partial charge in [0.15, 0.2) is 0 Å². The van der Waals surface area contributed by atoms with Crippen LogP contribution in [0.2, 0.25) is 0 Å². The van der Waals surface area contributed by atoms with E-state index >= 15 is 0 Å². The number of hydrogen-bond acceptors (Lipinski definition) is 2. The van der Waals surface area contributed by atoms with Crippen LogP contribution >= 0.6 is 0 Å². The quantitative estimate of drug-likeness (QED) is 0.747. The highest BCUT2D eigenvalue weighted by Gasteiger charge is 2.10. The van der Waals surface area contributed by atoms with Crippen molar-refractivity contribution in [2.45, 2.75) is 20.3 Å². The third kappa shape index (κ3) is 1.59. The van der Waals surface area contributed by atoms with Gasteiger partial charge in [-0.2, -0.15) is 0 Å². The predicted molar refractivity (Wildman–Crippen MR) is 74.9 cm³/mol. The van der Waals surface area contributed by atoms with Crippen LogP contribution in [0.4, 0.5) is 0 Å². The Morgan fingerprint density at radius 1 is 1.22 bits per heavy atom. The second-order valence-electron chi connectivity index (χ2n) is 4.78. The molecular weight excluding hydrogens is 222 g/mol. The lowest BCUT2D eigenvalue weighted by Crippen LogP contribution is -2.06. The molecule has 3 heteroatoms. The van der Waals surface area contributed by atoms with Gasteiger partial charge in [-0.3, -0.25) is 0 Å². The van der Waals surface area contributed by atoms with E-state index < -0.39 is 0 Å². The van der Waals surface area contributed by atoms with E-state index in [2.05, 4.69) is 48.7 Å². The Kier molecular flexibility index (Phi) is 2.56. The minimum atomic E-state index is 0.653. The van der Waals surface area contributed by atoms with Crippen molar-refractivity contribution >= 4 is 16.4 Å². The van der Waals surface area contributed by atoms with Crippen LogP contribution < -0.4 is 5.73 Å². The molecule has 0 aliphatic heterocycles. The zero-order chi connectivity index (χ0) is 12.7. The first kappa shape index (κ1) is 11.2. The number of aryl methyl sites for hydroxylation is 2. The SMILES string of the molecule is Cc1ccc2ccn3c(CCN)c(C)nc3c2c1. The molecule has 3 nitrogen and oxygen atoms in total. The van der Waals surface area contributed by atoms with Gasteiger partial charge < -0.3 is 10.1 Å². The second-order valence-corrected chi connectivity index (χ2v) is 4.78. The number of nitrogens with zero attached hydrogens (tertiary/aromatic N) is 2. The first-order chi connectivity index (χ1) is 8.70. The molecule has 0 saturated heterocycles. The fraction of sp³-hybridized carbons (Fsp3) is 0.267. The van der Waals surface area contributed by atoms with Crippen molar-refractivity contribution in [1.82, 2.24) is 9.38 Å². The van der Waals surface area contributed by atoms with Crippen LogP contribution in [0, 0.1) is 13.8 Å². The summed E-state index contributed by atoms with van der Waals surface area (Å²) in [5.74, 6) is 0. The van der Waals surface area contributed by atoms with E-state index in [9.17, 15) is 0 Å². The van der Waals surface area contributed by atoms with E-state index in [0.717, 1.165) is 17.8 Å². The molecule has 0 saturated carbocycles. The molecule has 0 spiro atoms. The van der Waals surface area contributed by atoms with Crippen LogP contribution in [0.25, 0.3) is 16.4 Å². The zero-order valence-corrected chi connectivity index (χ0v) is 10.8. The first-order valence-electron chi connectivity index (χ1n) is 6.27. The Hall–Kier alpha value is -1.87. The third-order valence-corrected chi connectivity index (χ3v) is 3.44. The lowest BCUT2D eigenvalue weighted by Gasteiger charge is -2.04. The highest BCUT2D eigenvalue weighted by molar-refractivity contribution is 5.94. The fourth-order valence-corrected chi connectivity index (χ4v) is 2.53. The monoisotopic (exact) mass is 239 g/mol. The van der Waals surface area contributed by atoms with E-state index in [0.29, 0.717) is 6.54 Å². The van der Waals surface area contributed by atoms with Gasteiger partial charge in [-0.1, -0.05) is 17.7 Å². The Bertz CT molecular complexity index is 725. The average Bonchev–Trinajstić information content (AvgIpc) is 2.67. The van der Waals surface area contributed by atoms with Crippen LogP contribution in [0.5, 0.6) is 0 Å². The van der Waals surface area contributed by atoms with Crippen LogP contribution in [-0.4, -0.2) is 15.9 Å². The molecule has 2 aromatic heterocycles. The zero-order valence-electron chi connectivity index (χ0n) is 10.8. The summed E-state index contributed by atoms with van der Waals surface area (Å²) in [6.07, 6.45) is 2.96. The third-order valence-electron chi connectivity index (χ3n) is 3.44. The highest BCUT2D eigenvalue weighted by atomic mass is 15.0. The molecular formula is C15H17N3. The molecule has 0 bridgehead atoms. The molecule has 0 unspecified atom stereocenters. The van der Waals surface area contributed by atoms with Gasteiger partial charge in [-0.15, -0.1) is 0 Å². The number of imidazole rings is 1. The molecule has 0 aliphatic rings. The molecule has 2 N–H and O–H groups in total. The van der Waals surface area contributed by atoms with Gasteiger partial charge in [0, 0.05) is 23.7 Å². The van der Waals surface area contributed by atoms with Crippen molar-refractivity contribution in [1.29, 1.82) is 0 Å². The maximum absolute atomic E-state index is 5.68. The minimum Gasteiger partial charge on any atom is -0.330 e. The van der Waals surface area contributed by atoms with Gasteiger partial charge in [0.1, 0.15) is 5.65 Å². The second kappa shape index (κ2) is 4.10. The standard InChI is InChI=1S/C15H17N3/c1-10-3-4-12-6-8-18-14(5-7-16)11(2)17-15(18)13(12)9-10/h3-4,6,8-9H,5,7,16H2,1-2H3. The number of benzene rings is 1. The van der Waals surface area contributed by atoms with E-state index in [1.165, 1.54) is 22.0 Å². The Morgan fingerprint density at radius 3 is 2.83 bits per heavy atom. The van der Waals surface area contributed by atoms with E-state index in [-0.39, 0.29) is 0 Å². The highest BCUT2D eigenvalue weighted by Crippen LogP contribution is 2.23. The molecule has 3 rings (SSSR count). The molecule has 0 amide bonds. The summed E-state index contributed by atoms with van der Waals surface area (Å²) in [7, 11) is 0. The van der Waals surface area contributed by atoms with E-state index in [1.54, 1.807) is 0 Å². The molecule has 0 radical (unpaired) electrons. The van der Waals surface area contributed by atoms with Crippen LogP contribution in [0.1, 0.15) is 17.0 Å². The molecule has 0 fully saturated rings. The summed E-state index contributed by atoms with van der Waals surface area (Å²) in [6, 6.07) is 8.62. The number of nitrogens with two attached hydrogens (primary N) is 1. The normalized spacial score (nSPS) is 11.5. The number of fused-ring (bicyclic) bond motifs is 3. The number of rotatable bonds is 2. The maximum atomic E-state index is 5.68. The molecule has 1 aromatic carbocycles. The molecule has 0 aliphatic carbocycles. The number of aromatic nitrogens is 2. The number of pyridine rings is 1. The molecule has 0 atom stereocenters. The summed E-state index contributed by atoms with van der Waals surface area (Å²) >= 11 is 0. The summed E-state index contributed by atoms with van der Waals surface area (Å²) in [5, 5.41) is 2.45. The Labute approximate surface area is 106 Å². The van der Waals surface area contributed by atoms with Crippen molar-refractivity contribution in [3.8, 4) is 0 Å². The van der Waals surface area contributed by atoms with Crippen molar-refractivity contribution in [2.75, 3.05) is 6.54 Å². The summed E-state index contributed by atoms with van der Waals surface area (Å²) in [5.41, 5.74) is 10.3. The van der Waals surface area contributed by atoms with Crippen LogP contribution in [0.3, 0.4) is 0 Å². The van der Waals surface area contributed by atoms with Crippen LogP contribution in [-0.2, 0) is 6.42 Å². The molecule has 92 valence electrons. The maximum Gasteiger partial charge on any atom is 0.145 e. The van der Waals surface area contributed by atoms with Crippen LogP contribution in [0.15, 0.2) is 30.5 Å². The largest absolute Gasteiger partial charge is 0.330 e. The van der Waals surface area contributed by atoms with Crippen molar-refractivity contribution in [3.05, 3.63) is 47.4 Å². The molecule has 2 heterocycles. The van der Waals surface area contributed by atoms with Gasteiger partial charge >= 0.3 is 0 Å². The summed E-state index contributed by atoms with van der Waals surface area (Å²) in [6.45, 7) is 4.82. The van der Waals surface area contributed by atoms with Gasteiger partial charge in [0.25, 0.3) is 0 Å². The van der Waals surface area contributed by atoms with Gasteiger partial charge in [-0.25, -0.2) is 4.98 Å². The van der Waals surface area contributed by atoms with Gasteiger partial charge in [0.2, 0.25) is 0 Å². The minimum absolute atomic E-state index is 0.653. The molecule has 3 aromatic rings. The molecule has 18 heavy (non-hydrogen) atoms. The van der Waals surface area contributed by atoms with E-state index in [4.69, 9.17) is 10.7 Å². The topological polar surface area (TPSA) is 43.3 Å². The van der Waals surface area contributed by atoms with Crippen molar-refractivity contribution < 1.29 is 0 Å². The summed E-state index contributed by atoms with van der Waals surface area (Å²) in [4.78, 5) is 4.71. The Morgan fingerprint density at radius 2 is 2.06 bits per heavy atom. The number of hydrogen-bond donors (Lipinski definition) is 1. The van der Waals surface area contributed by atoms with E-state index in [1.807, 2.05) is 0 Å². The first-order valence-corrected chi connectivity index (χ1v) is 6.27. The smallest absolute Gasteiger partial charge is 0.145 e.